The number of hydrogen-bond acceptors (Lipinski definition) is 3. The van der Waals surface area contributed by atoms with E-state index in [2.05, 4.69) is 16.0 Å². The smallest absolute Gasteiger partial charge is 0.322 e. The van der Waals surface area contributed by atoms with Gasteiger partial charge in [0.1, 0.15) is 6.54 Å². The molecular formula is C18H17ClN4O3. The van der Waals surface area contributed by atoms with Crippen LogP contribution in [0.3, 0.4) is 0 Å². The molecule has 3 N–H and O–H groups in total. The predicted molar refractivity (Wildman–Crippen MR) is 101 cm³/mol. The van der Waals surface area contributed by atoms with Crippen molar-refractivity contribution in [3.05, 3.63) is 53.1 Å². The Labute approximate surface area is 155 Å². The Morgan fingerprint density at radius 1 is 1.23 bits per heavy atom. The van der Waals surface area contributed by atoms with Crippen molar-refractivity contribution in [2.45, 2.75) is 6.92 Å². The maximum Gasteiger partial charge on any atom is 0.322 e. The highest BCUT2D eigenvalue weighted by Crippen LogP contribution is 2.28. The topological polar surface area (TPSA) is 90.5 Å². The number of carbonyl (C=O) groups excluding carboxylic acids is 3. The van der Waals surface area contributed by atoms with Gasteiger partial charge in [0.25, 0.3) is 0 Å². The van der Waals surface area contributed by atoms with Crippen LogP contribution in [-0.2, 0) is 9.59 Å². The lowest BCUT2D eigenvalue weighted by molar-refractivity contribution is -0.115. The first-order valence-corrected chi connectivity index (χ1v) is 8.32. The SMILES string of the molecule is Cc1ccc(NC(=O)CNC(=O)N2CC(=O)Nc3ccccc32)c(Cl)c1. The summed E-state index contributed by atoms with van der Waals surface area (Å²) in [6, 6.07) is 11.7. The van der Waals surface area contributed by atoms with Gasteiger partial charge in [-0.3, -0.25) is 14.5 Å². The second-order valence-corrected chi connectivity index (χ2v) is 6.25. The second-order valence-electron chi connectivity index (χ2n) is 5.84. The van der Waals surface area contributed by atoms with Crippen molar-refractivity contribution in [3.63, 3.8) is 0 Å². The molecule has 2 aromatic rings. The highest BCUT2D eigenvalue weighted by atomic mass is 35.5. The van der Waals surface area contributed by atoms with Crippen LogP contribution in [0.25, 0.3) is 0 Å². The Morgan fingerprint density at radius 3 is 2.77 bits per heavy atom. The number of hydrogen-bond donors (Lipinski definition) is 3. The molecule has 134 valence electrons. The van der Waals surface area contributed by atoms with Gasteiger partial charge in [0.2, 0.25) is 11.8 Å². The zero-order valence-electron chi connectivity index (χ0n) is 14.0. The van der Waals surface area contributed by atoms with Crippen LogP contribution in [0, 0.1) is 6.92 Å². The van der Waals surface area contributed by atoms with E-state index in [4.69, 9.17) is 11.6 Å². The highest BCUT2D eigenvalue weighted by molar-refractivity contribution is 6.33. The van der Waals surface area contributed by atoms with Crippen LogP contribution in [0.5, 0.6) is 0 Å². The third-order valence-electron chi connectivity index (χ3n) is 3.81. The van der Waals surface area contributed by atoms with E-state index >= 15 is 0 Å². The van der Waals surface area contributed by atoms with E-state index in [1.807, 2.05) is 13.0 Å². The molecule has 1 aliphatic rings. The molecule has 0 saturated heterocycles. The van der Waals surface area contributed by atoms with Crippen molar-refractivity contribution in [2.75, 3.05) is 28.6 Å². The summed E-state index contributed by atoms with van der Waals surface area (Å²) in [5.41, 5.74) is 2.57. The molecule has 8 heteroatoms. The number of amides is 4. The summed E-state index contributed by atoms with van der Waals surface area (Å²) in [6.45, 7) is 1.53. The van der Waals surface area contributed by atoms with E-state index in [0.717, 1.165) is 5.56 Å². The number of fused-ring (bicyclic) bond motifs is 1. The summed E-state index contributed by atoms with van der Waals surface area (Å²) in [7, 11) is 0. The van der Waals surface area contributed by atoms with Crippen molar-refractivity contribution in [1.29, 1.82) is 0 Å². The van der Waals surface area contributed by atoms with Crippen molar-refractivity contribution < 1.29 is 14.4 Å². The van der Waals surface area contributed by atoms with E-state index in [1.54, 1.807) is 36.4 Å². The predicted octanol–water partition coefficient (Wildman–Crippen LogP) is 2.76. The molecule has 0 unspecified atom stereocenters. The van der Waals surface area contributed by atoms with Gasteiger partial charge in [-0.1, -0.05) is 29.8 Å². The summed E-state index contributed by atoms with van der Waals surface area (Å²) >= 11 is 6.08. The van der Waals surface area contributed by atoms with Gasteiger partial charge >= 0.3 is 6.03 Å². The van der Waals surface area contributed by atoms with E-state index in [9.17, 15) is 14.4 Å². The second kappa shape index (κ2) is 7.45. The van der Waals surface area contributed by atoms with E-state index in [0.29, 0.717) is 22.1 Å². The molecule has 1 aliphatic heterocycles. The molecule has 0 fully saturated rings. The van der Waals surface area contributed by atoms with Gasteiger partial charge in [-0.15, -0.1) is 0 Å². The molecule has 0 bridgehead atoms. The Kier molecular flexibility index (Phi) is 5.09. The van der Waals surface area contributed by atoms with Crippen molar-refractivity contribution in [1.82, 2.24) is 5.32 Å². The minimum atomic E-state index is -0.530. The van der Waals surface area contributed by atoms with Crippen LogP contribution < -0.4 is 20.9 Å². The van der Waals surface area contributed by atoms with Crippen LogP contribution in [0.4, 0.5) is 21.9 Å². The molecule has 0 aromatic heterocycles. The van der Waals surface area contributed by atoms with Gasteiger partial charge in [0, 0.05) is 0 Å². The largest absolute Gasteiger partial charge is 0.329 e. The first kappa shape index (κ1) is 17.8. The molecule has 2 aromatic carbocycles. The molecule has 0 spiro atoms. The first-order chi connectivity index (χ1) is 12.4. The normalized spacial score (nSPS) is 12.8. The summed E-state index contributed by atoms with van der Waals surface area (Å²) in [5.74, 6) is -0.714. The fourth-order valence-corrected chi connectivity index (χ4v) is 2.86. The molecular weight excluding hydrogens is 356 g/mol. The molecule has 0 saturated carbocycles. The van der Waals surface area contributed by atoms with Crippen LogP contribution in [-0.4, -0.2) is 30.9 Å². The van der Waals surface area contributed by atoms with E-state index < -0.39 is 11.9 Å². The van der Waals surface area contributed by atoms with Gasteiger partial charge in [-0.05, 0) is 36.8 Å². The molecule has 3 rings (SSSR count). The van der Waals surface area contributed by atoms with Gasteiger partial charge in [-0.25, -0.2) is 4.79 Å². The Morgan fingerprint density at radius 2 is 2.00 bits per heavy atom. The Balaban J connectivity index is 1.62. The number of rotatable bonds is 3. The Hall–Kier alpha value is -3.06. The van der Waals surface area contributed by atoms with Gasteiger partial charge in [0.05, 0.1) is 28.6 Å². The lowest BCUT2D eigenvalue weighted by Gasteiger charge is -2.29. The van der Waals surface area contributed by atoms with Gasteiger partial charge in [0.15, 0.2) is 0 Å². The van der Waals surface area contributed by atoms with Crippen molar-refractivity contribution >= 4 is 46.5 Å². The molecule has 0 radical (unpaired) electrons. The van der Waals surface area contributed by atoms with Crippen LogP contribution in [0.2, 0.25) is 5.02 Å². The standard InChI is InChI=1S/C18H17ClN4O3/c1-11-6-7-13(12(19)8-11)21-16(24)9-20-18(26)23-10-17(25)22-14-4-2-3-5-15(14)23/h2-8H,9-10H2,1H3,(H,20,26)(H,21,24)(H,22,25). The Bertz CT molecular complexity index is 884. The number of halogens is 1. The number of para-hydroxylation sites is 2. The third kappa shape index (κ3) is 3.94. The van der Waals surface area contributed by atoms with Crippen molar-refractivity contribution in [3.8, 4) is 0 Å². The number of benzene rings is 2. The molecule has 26 heavy (non-hydrogen) atoms. The summed E-state index contributed by atoms with van der Waals surface area (Å²) in [5, 5.41) is 8.28. The summed E-state index contributed by atoms with van der Waals surface area (Å²) in [6.07, 6.45) is 0. The fourth-order valence-electron chi connectivity index (χ4n) is 2.58. The number of aryl methyl sites for hydroxylation is 1. The number of nitrogens with zero attached hydrogens (tertiary/aromatic N) is 1. The summed E-state index contributed by atoms with van der Waals surface area (Å²) < 4.78 is 0. The molecule has 7 nitrogen and oxygen atoms in total. The third-order valence-corrected chi connectivity index (χ3v) is 4.13. The van der Waals surface area contributed by atoms with Crippen LogP contribution in [0.1, 0.15) is 5.56 Å². The highest BCUT2D eigenvalue weighted by Gasteiger charge is 2.26. The number of urea groups is 1. The molecule has 0 aliphatic carbocycles. The van der Waals surface area contributed by atoms with Crippen LogP contribution >= 0.6 is 11.6 Å². The zero-order valence-corrected chi connectivity index (χ0v) is 14.8. The lowest BCUT2D eigenvalue weighted by Crippen LogP contribution is -2.48. The van der Waals surface area contributed by atoms with Crippen LogP contribution in [0.15, 0.2) is 42.5 Å². The van der Waals surface area contributed by atoms with E-state index in [-0.39, 0.29) is 19.0 Å². The maximum atomic E-state index is 12.4. The number of anilines is 3. The van der Waals surface area contributed by atoms with E-state index in [1.165, 1.54) is 4.90 Å². The number of nitrogens with one attached hydrogen (secondary N) is 3. The average Bonchev–Trinajstić information content (AvgIpc) is 2.61. The minimum Gasteiger partial charge on any atom is -0.329 e. The summed E-state index contributed by atoms with van der Waals surface area (Å²) in [4.78, 5) is 37.5. The lowest BCUT2D eigenvalue weighted by atomic mass is 10.2. The maximum absolute atomic E-state index is 12.4. The number of carbonyl (C=O) groups is 3. The van der Waals surface area contributed by atoms with Crippen molar-refractivity contribution in [2.24, 2.45) is 0 Å². The van der Waals surface area contributed by atoms with Gasteiger partial charge in [-0.2, -0.15) is 0 Å². The quantitative estimate of drug-likeness (QED) is 0.773. The monoisotopic (exact) mass is 372 g/mol. The molecule has 4 amide bonds. The zero-order chi connectivity index (χ0) is 18.7. The minimum absolute atomic E-state index is 0.117. The average molecular weight is 373 g/mol. The van der Waals surface area contributed by atoms with Gasteiger partial charge < -0.3 is 16.0 Å². The molecule has 0 atom stereocenters. The molecule has 1 heterocycles. The first-order valence-electron chi connectivity index (χ1n) is 7.94. The fraction of sp³-hybridized carbons (Fsp3) is 0.167.